The van der Waals surface area contributed by atoms with E-state index in [-0.39, 0.29) is 6.42 Å². The maximum Gasteiger partial charge on any atom is 0.280 e. The third-order valence-electron chi connectivity index (χ3n) is 2.08. The molecule has 1 aliphatic rings. The van der Waals surface area contributed by atoms with Gasteiger partial charge in [0.1, 0.15) is 0 Å². The van der Waals surface area contributed by atoms with Crippen LogP contribution in [0.4, 0.5) is 0 Å². The molecule has 0 bridgehead atoms. The van der Waals surface area contributed by atoms with Crippen molar-refractivity contribution in [2.24, 2.45) is 0 Å². The molecule has 1 unspecified atom stereocenters. The Bertz CT molecular complexity index is 398. The van der Waals surface area contributed by atoms with Gasteiger partial charge in [-0.05, 0) is 6.42 Å². The fourth-order valence-corrected chi connectivity index (χ4v) is 2.26. The standard InChI is InChI=1S/C7H9NO5S/c1-2-3-7(14(11,12)13)4-5(9)8-6(7)10/h2H,1,3-4H2,(H,8,9,10)(H,11,12,13). The molecule has 0 aromatic heterocycles. The molecule has 14 heavy (non-hydrogen) atoms. The maximum atomic E-state index is 11.2. The van der Waals surface area contributed by atoms with Gasteiger partial charge in [-0.15, -0.1) is 6.58 Å². The van der Waals surface area contributed by atoms with E-state index in [0.29, 0.717) is 0 Å². The van der Waals surface area contributed by atoms with E-state index in [9.17, 15) is 18.0 Å². The molecule has 1 fully saturated rings. The minimum absolute atomic E-state index is 0.288. The molecule has 0 saturated carbocycles. The molecule has 6 nitrogen and oxygen atoms in total. The second kappa shape index (κ2) is 3.18. The Morgan fingerprint density at radius 3 is 2.43 bits per heavy atom. The van der Waals surface area contributed by atoms with Crippen LogP contribution >= 0.6 is 0 Å². The molecule has 1 saturated heterocycles. The number of hydrogen-bond acceptors (Lipinski definition) is 4. The predicted molar refractivity (Wildman–Crippen MR) is 46.9 cm³/mol. The molecule has 0 spiro atoms. The van der Waals surface area contributed by atoms with Crippen molar-refractivity contribution in [2.75, 3.05) is 0 Å². The molecule has 1 rings (SSSR count). The minimum Gasteiger partial charge on any atom is -0.295 e. The van der Waals surface area contributed by atoms with Crippen molar-refractivity contribution in [3.63, 3.8) is 0 Å². The first-order valence-corrected chi connectivity index (χ1v) is 5.20. The quantitative estimate of drug-likeness (QED) is 0.369. The first-order chi connectivity index (χ1) is 6.33. The van der Waals surface area contributed by atoms with Crippen LogP contribution in [0.2, 0.25) is 0 Å². The summed E-state index contributed by atoms with van der Waals surface area (Å²) in [6.45, 7) is 3.28. The van der Waals surface area contributed by atoms with Crippen LogP contribution in [-0.4, -0.2) is 29.5 Å². The Hall–Kier alpha value is -1.21. The lowest BCUT2D eigenvalue weighted by molar-refractivity contribution is -0.125. The van der Waals surface area contributed by atoms with Crippen molar-refractivity contribution in [3.8, 4) is 0 Å². The first-order valence-electron chi connectivity index (χ1n) is 3.76. The second-order valence-electron chi connectivity index (χ2n) is 3.02. The van der Waals surface area contributed by atoms with E-state index in [1.54, 1.807) is 0 Å². The molecule has 7 heteroatoms. The SMILES string of the molecule is C=CCC1(S(=O)(=O)O)CC(=O)NC1=O. The fourth-order valence-electron chi connectivity index (χ4n) is 1.34. The summed E-state index contributed by atoms with van der Waals surface area (Å²) in [5, 5.41) is 1.83. The van der Waals surface area contributed by atoms with Gasteiger partial charge in [0.2, 0.25) is 5.91 Å². The molecule has 0 aromatic carbocycles. The first kappa shape index (κ1) is 10.9. The van der Waals surface area contributed by atoms with E-state index < -0.39 is 33.1 Å². The number of nitrogens with one attached hydrogen (secondary N) is 1. The average Bonchev–Trinajstić information content (AvgIpc) is 2.27. The molecule has 2 amide bonds. The Morgan fingerprint density at radius 1 is 1.57 bits per heavy atom. The topological polar surface area (TPSA) is 101 Å². The zero-order valence-corrected chi connectivity index (χ0v) is 8.00. The fraction of sp³-hybridized carbons (Fsp3) is 0.429. The molecule has 0 aliphatic carbocycles. The largest absolute Gasteiger partial charge is 0.295 e. The van der Waals surface area contributed by atoms with Crippen LogP contribution in [-0.2, 0) is 19.7 Å². The van der Waals surface area contributed by atoms with Crippen molar-refractivity contribution in [1.82, 2.24) is 5.32 Å². The van der Waals surface area contributed by atoms with E-state index >= 15 is 0 Å². The summed E-state index contributed by atoms with van der Waals surface area (Å²) < 4.78 is 28.8. The van der Waals surface area contributed by atoms with Crippen LogP contribution in [0.25, 0.3) is 0 Å². The summed E-state index contributed by atoms with van der Waals surface area (Å²) in [5.74, 6) is -1.71. The minimum atomic E-state index is -4.61. The van der Waals surface area contributed by atoms with Gasteiger partial charge in [0.05, 0.1) is 6.42 Å². The van der Waals surface area contributed by atoms with Gasteiger partial charge in [-0.3, -0.25) is 19.5 Å². The highest BCUT2D eigenvalue weighted by Gasteiger charge is 2.55. The number of carbonyl (C=O) groups is 2. The molecule has 0 aromatic rings. The number of carbonyl (C=O) groups excluding carboxylic acids is 2. The molecular formula is C7H9NO5S. The van der Waals surface area contributed by atoms with Crippen LogP contribution in [0, 0.1) is 0 Å². The Labute approximate surface area is 80.7 Å². The van der Waals surface area contributed by atoms with E-state index in [1.165, 1.54) is 6.08 Å². The molecule has 0 radical (unpaired) electrons. The van der Waals surface area contributed by atoms with Crippen LogP contribution in [0.15, 0.2) is 12.7 Å². The van der Waals surface area contributed by atoms with E-state index in [0.717, 1.165) is 0 Å². The summed E-state index contributed by atoms with van der Waals surface area (Å²) in [7, 11) is -4.61. The summed E-state index contributed by atoms with van der Waals surface area (Å²) in [6.07, 6.45) is 0.325. The highest BCUT2D eigenvalue weighted by Crippen LogP contribution is 2.30. The second-order valence-corrected chi connectivity index (χ2v) is 4.75. The van der Waals surface area contributed by atoms with Gasteiger partial charge >= 0.3 is 0 Å². The van der Waals surface area contributed by atoms with Crippen LogP contribution in [0.1, 0.15) is 12.8 Å². The number of amides is 2. The van der Waals surface area contributed by atoms with Crippen LogP contribution in [0.5, 0.6) is 0 Å². The molecule has 1 heterocycles. The third kappa shape index (κ3) is 1.44. The zero-order valence-electron chi connectivity index (χ0n) is 7.19. The summed E-state index contributed by atoms with van der Waals surface area (Å²) >= 11 is 0. The highest BCUT2D eigenvalue weighted by molar-refractivity contribution is 7.88. The van der Waals surface area contributed by atoms with Gasteiger partial charge in [0.25, 0.3) is 16.0 Å². The monoisotopic (exact) mass is 219 g/mol. The Balaban J connectivity index is 3.25. The van der Waals surface area contributed by atoms with Crippen LogP contribution < -0.4 is 5.32 Å². The normalized spacial score (nSPS) is 27.5. The smallest absolute Gasteiger partial charge is 0.280 e. The zero-order chi connectivity index (χ0) is 11.0. The van der Waals surface area contributed by atoms with Gasteiger partial charge in [-0.25, -0.2) is 0 Å². The number of allylic oxidation sites excluding steroid dienone is 1. The molecule has 1 atom stereocenters. The van der Waals surface area contributed by atoms with Crippen molar-refractivity contribution < 1.29 is 22.6 Å². The van der Waals surface area contributed by atoms with E-state index in [4.69, 9.17) is 4.55 Å². The molecule has 1 aliphatic heterocycles. The van der Waals surface area contributed by atoms with E-state index in [1.807, 2.05) is 5.32 Å². The average molecular weight is 219 g/mol. The van der Waals surface area contributed by atoms with Gasteiger partial charge in [0.15, 0.2) is 4.75 Å². The molecular weight excluding hydrogens is 210 g/mol. The van der Waals surface area contributed by atoms with Gasteiger partial charge in [-0.2, -0.15) is 8.42 Å². The highest BCUT2D eigenvalue weighted by atomic mass is 32.2. The lowest BCUT2D eigenvalue weighted by atomic mass is 10.0. The predicted octanol–water partition coefficient (Wildman–Crippen LogP) is -0.764. The summed E-state index contributed by atoms with van der Waals surface area (Å²) in [5.41, 5.74) is 0. The van der Waals surface area contributed by atoms with Crippen molar-refractivity contribution in [3.05, 3.63) is 12.7 Å². The van der Waals surface area contributed by atoms with Gasteiger partial charge in [0, 0.05) is 0 Å². The number of rotatable bonds is 3. The summed E-state index contributed by atoms with van der Waals surface area (Å²) in [4.78, 5) is 22.1. The van der Waals surface area contributed by atoms with E-state index in [2.05, 4.69) is 6.58 Å². The third-order valence-corrected chi connectivity index (χ3v) is 3.56. The lowest BCUT2D eigenvalue weighted by Crippen LogP contribution is -2.44. The van der Waals surface area contributed by atoms with Crippen molar-refractivity contribution in [1.29, 1.82) is 0 Å². The number of hydrogen-bond donors (Lipinski definition) is 2. The lowest BCUT2D eigenvalue weighted by Gasteiger charge is -2.18. The Kier molecular flexibility index (Phi) is 2.47. The van der Waals surface area contributed by atoms with Crippen LogP contribution in [0.3, 0.4) is 0 Å². The van der Waals surface area contributed by atoms with Crippen molar-refractivity contribution in [2.45, 2.75) is 17.6 Å². The van der Waals surface area contributed by atoms with Gasteiger partial charge < -0.3 is 0 Å². The summed E-state index contributed by atoms with van der Waals surface area (Å²) in [6, 6.07) is 0. The van der Waals surface area contributed by atoms with Crippen molar-refractivity contribution >= 4 is 21.9 Å². The Morgan fingerprint density at radius 2 is 2.14 bits per heavy atom. The molecule has 2 N–H and O–H groups in total. The van der Waals surface area contributed by atoms with Gasteiger partial charge in [-0.1, -0.05) is 6.08 Å². The number of imide groups is 1. The maximum absolute atomic E-state index is 11.2. The molecule has 78 valence electrons.